The van der Waals surface area contributed by atoms with Crippen LogP contribution in [0.3, 0.4) is 0 Å². The summed E-state index contributed by atoms with van der Waals surface area (Å²) in [5, 5.41) is 3.88. The number of nitrogens with one attached hydrogen (secondary N) is 1. The minimum Gasteiger partial charge on any atom is -0.311 e. The third-order valence-electron chi connectivity index (χ3n) is 3.79. The predicted octanol–water partition coefficient (Wildman–Crippen LogP) is 2.32. The van der Waals surface area contributed by atoms with Gasteiger partial charge in [0.2, 0.25) is 0 Å². The smallest absolute Gasteiger partial charge is 0.0126 e. The first-order valence-corrected chi connectivity index (χ1v) is 5.69. The highest BCUT2D eigenvalue weighted by molar-refractivity contribution is 4.98. The average Bonchev–Trinajstić information content (AvgIpc) is 2.81. The summed E-state index contributed by atoms with van der Waals surface area (Å²) in [6.07, 6.45) is 10.4. The second-order valence-electron chi connectivity index (χ2n) is 5.00. The molecule has 0 spiro atoms. The topological polar surface area (TPSA) is 12.0 Å². The zero-order valence-electron chi connectivity index (χ0n) is 7.76. The van der Waals surface area contributed by atoms with Gasteiger partial charge in [-0.05, 0) is 50.4 Å². The molecule has 0 bridgehead atoms. The number of rotatable bonds is 4. The molecule has 3 rings (SSSR count). The summed E-state index contributed by atoms with van der Waals surface area (Å²) in [4.78, 5) is 0. The van der Waals surface area contributed by atoms with Crippen LogP contribution in [0.2, 0.25) is 0 Å². The molecule has 0 aromatic carbocycles. The molecular weight excluding hydrogens is 146 g/mol. The summed E-state index contributed by atoms with van der Waals surface area (Å²) in [5.41, 5.74) is 0. The van der Waals surface area contributed by atoms with Crippen LogP contribution in [0.1, 0.15) is 44.9 Å². The molecule has 3 saturated carbocycles. The summed E-state index contributed by atoms with van der Waals surface area (Å²) in [6.45, 7) is 0. The standard InChI is InChI=1S/C11H19N/c1-2-10(3-1)12-11(8-4-5-8)9-6-7-9/h8-12H,1-7H2. The lowest BCUT2D eigenvalue weighted by Gasteiger charge is -2.31. The lowest BCUT2D eigenvalue weighted by atomic mass is 9.91. The number of hydrogen-bond acceptors (Lipinski definition) is 1. The largest absolute Gasteiger partial charge is 0.311 e. The van der Waals surface area contributed by atoms with E-state index in [-0.39, 0.29) is 0 Å². The Morgan fingerprint density at radius 2 is 1.42 bits per heavy atom. The highest BCUT2D eigenvalue weighted by Gasteiger charge is 2.42. The molecular formula is C11H19N. The minimum atomic E-state index is 0.913. The van der Waals surface area contributed by atoms with E-state index in [9.17, 15) is 0 Å². The van der Waals surface area contributed by atoms with Crippen LogP contribution in [-0.4, -0.2) is 12.1 Å². The molecule has 1 N–H and O–H groups in total. The highest BCUT2D eigenvalue weighted by Crippen LogP contribution is 2.45. The van der Waals surface area contributed by atoms with Crippen molar-refractivity contribution in [3.05, 3.63) is 0 Å². The molecule has 0 heterocycles. The predicted molar refractivity (Wildman–Crippen MR) is 50.0 cm³/mol. The van der Waals surface area contributed by atoms with Crippen LogP contribution in [0.25, 0.3) is 0 Å². The van der Waals surface area contributed by atoms with Gasteiger partial charge in [-0.3, -0.25) is 0 Å². The van der Waals surface area contributed by atoms with E-state index in [0.29, 0.717) is 0 Å². The maximum absolute atomic E-state index is 3.88. The SMILES string of the molecule is C1CC(NC(C2CC2)C2CC2)C1. The van der Waals surface area contributed by atoms with Crippen LogP contribution < -0.4 is 5.32 Å². The normalized spacial score (nSPS) is 30.8. The van der Waals surface area contributed by atoms with Crippen molar-refractivity contribution in [1.29, 1.82) is 0 Å². The van der Waals surface area contributed by atoms with Gasteiger partial charge < -0.3 is 5.32 Å². The zero-order valence-corrected chi connectivity index (χ0v) is 7.76. The first-order valence-electron chi connectivity index (χ1n) is 5.69. The van der Waals surface area contributed by atoms with E-state index in [1.54, 1.807) is 0 Å². The zero-order chi connectivity index (χ0) is 7.97. The highest BCUT2D eigenvalue weighted by atomic mass is 15.0. The molecule has 12 heavy (non-hydrogen) atoms. The Kier molecular flexibility index (Phi) is 1.68. The van der Waals surface area contributed by atoms with Gasteiger partial charge in [0.15, 0.2) is 0 Å². The second-order valence-corrected chi connectivity index (χ2v) is 5.00. The van der Waals surface area contributed by atoms with Gasteiger partial charge in [-0.25, -0.2) is 0 Å². The lowest BCUT2D eigenvalue weighted by molar-refractivity contribution is 0.273. The summed E-state index contributed by atoms with van der Waals surface area (Å²) in [7, 11) is 0. The van der Waals surface area contributed by atoms with Crippen molar-refractivity contribution in [2.45, 2.75) is 57.0 Å². The van der Waals surface area contributed by atoms with Gasteiger partial charge in [0.25, 0.3) is 0 Å². The van der Waals surface area contributed by atoms with Crippen molar-refractivity contribution in [2.75, 3.05) is 0 Å². The lowest BCUT2D eigenvalue weighted by Crippen LogP contribution is -2.44. The van der Waals surface area contributed by atoms with Crippen LogP contribution in [0.4, 0.5) is 0 Å². The molecule has 3 aliphatic rings. The molecule has 0 radical (unpaired) electrons. The first kappa shape index (κ1) is 7.37. The molecule has 1 heteroatoms. The van der Waals surface area contributed by atoms with Crippen molar-refractivity contribution in [3.8, 4) is 0 Å². The Labute approximate surface area is 74.9 Å². The maximum atomic E-state index is 3.88. The summed E-state index contributed by atoms with van der Waals surface area (Å²) >= 11 is 0. The second kappa shape index (κ2) is 2.73. The fraction of sp³-hybridized carbons (Fsp3) is 1.00. The fourth-order valence-electron chi connectivity index (χ4n) is 2.41. The van der Waals surface area contributed by atoms with Crippen LogP contribution in [0.15, 0.2) is 0 Å². The maximum Gasteiger partial charge on any atom is 0.0126 e. The Morgan fingerprint density at radius 3 is 1.75 bits per heavy atom. The van der Waals surface area contributed by atoms with Gasteiger partial charge in [-0.15, -0.1) is 0 Å². The third kappa shape index (κ3) is 1.39. The average molecular weight is 165 g/mol. The van der Waals surface area contributed by atoms with E-state index < -0.39 is 0 Å². The van der Waals surface area contributed by atoms with E-state index in [2.05, 4.69) is 5.32 Å². The number of hydrogen-bond donors (Lipinski definition) is 1. The van der Waals surface area contributed by atoms with Gasteiger partial charge in [0.1, 0.15) is 0 Å². The Balaban J connectivity index is 1.54. The molecule has 1 nitrogen and oxygen atoms in total. The molecule has 0 saturated heterocycles. The Bertz CT molecular complexity index is 154. The first-order chi connectivity index (χ1) is 5.93. The van der Waals surface area contributed by atoms with Crippen molar-refractivity contribution in [1.82, 2.24) is 5.32 Å². The summed E-state index contributed by atoms with van der Waals surface area (Å²) < 4.78 is 0. The van der Waals surface area contributed by atoms with E-state index >= 15 is 0 Å². The van der Waals surface area contributed by atoms with E-state index in [4.69, 9.17) is 0 Å². The van der Waals surface area contributed by atoms with Gasteiger partial charge in [0.05, 0.1) is 0 Å². The van der Waals surface area contributed by atoms with Crippen LogP contribution >= 0.6 is 0 Å². The quantitative estimate of drug-likeness (QED) is 0.674. The third-order valence-corrected chi connectivity index (χ3v) is 3.79. The Morgan fingerprint density at radius 1 is 0.833 bits per heavy atom. The molecule has 3 aliphatic carbocycles. The molecule has 68 valence electrons. The molecule has 0 atom stereocenters. The molecule has 0 unspecified atom stereocenters. The van der Waals surface area contributed by atoms with Crippen LogP contribution in [-0.2, 0) is 0 Å². The fourth-order valence-corrected chi connectivity index (χ4v) is 2.41. The molecule has 0 aromatic rings. The minimum absolute atomic E-state index is 0.913. The van der Waals surface area contributed by atoms with Crippen molar-refractivity contribution < 1.29 is 0 Å². The van der Waals surface area contributed by atoms with Gasteiger partial charge in [-0.2, -0.15) is 0 Å². The summed E-state index contributed by atoms with van der Waals surface area (Å²) in [5.74, 6) is 2.16. The van der Waals surface area contributed by atoms with Gasteiger partial charge >= 0.3 is 0 Å². The van der Waals surface area contributed by atoms with Crippen molar-refractivity contribution in [2.24, 2.45) is 11.8 Å². The van der Waals surface area contributed by atoms with Crippen molar-refractivity contribution in [3.63, 3.8) is 0 Å². The molecule has 0 aliphatic heterocycles. The van der Waals surface area contributed by atoms with Crippen LogP contribution in [0, 0.1) is 11.8 Å². The van der Waals surface area contributed by atoms with E-state index in [1.807, 2.05) is 0 Å². The van der Waals surface area contributed by atoms with E-state index in [0.717, 1.165) is 23.9 Å². The summed E-state index contributed by atoms with van der Waals surface area (Å²) in [6, 6.07) is 1.85. The monoisotopic (exact) mass is 165 g/mol. The van der Waals surface area contributed by atoms with Gasteiger partial charge in [-0.1, -0.05) is 6.42 Å². The molecule has 0 aromatic heterocycles. The van der Waals surface area contributed by atoms with E-state index in [1.165, 1.54) is 44.9 Å². The van der Waals surface area contributed by atoms with Crippen molar-refractivity contribution >= 4 is 0 Å². The van der Waals surface area contributed by atoms with Gasteiger partial charge in [0, 0.05) is 12.1 Å². The van der Waals surface area contributed by atoms with Crippen LogP contribution in [0.5, 0.6) is 0 Å². The molecule has 0 amide bonds. The Hall–Kier alpha value is -0.0400. The molecule has 3 fully saturated rings.